The Morgan fingerprint density at radius 2 is 1.85 bits per heavy atom. The number of ketones is 1. The molecule has 0 saturated carbocycles. The highest BCUT2D eigenvalue weighted by molar-refractivity contribution is 6.46. The van der Waals surface area contributed by atoms with Gasteiger partial charge < -0.3 is 19.2 Å². The first-order valence-corrected chi connectivity index (χ1v) is 11.2. The first-order chi connectivity index (χ1) is 16.0. The van der Waals surface area contributed by atoms with E-state index in [1.54, 1.807) is 36.4 Å². The van der Waals surface area contributed by atoms with Crippen LogP contribution in [0.3, 0.4) is 0 Å². The molecule has 33 heavy (non-hydrogen) atoms. The summed E-state index contributed by atoms with van der Waals surface area (Å²) in [5.41, 5.74) is 2.37. The zero-order valence-electron chi connectivity index (χ0n) is 18.8. The van der Waals surface area contributed by atoms with E-state index in [1.165, 1.54) is 11.2 Å². The summed E-state index contributed by atoms with van der Waals surface area (Å²) in [7, 11) is 0. The van der Waals surface area contributed by atoms with Crippen LogP contribution in [0, 0.1) is 0 Å². The fourth-order valence-electron chi connectivity index (χ4n) is 4.00. The first kappa shape index (κ1) is 22.4. The van der Waals surface area contributed by atoms with E-state index in [0.717, 1.165) is 24.0 Å². The van der Waals surface area contributed by atoms with E-state index >= 15 is 0 Å². The summed E-state index contributed by atoms with van der Waals surface area (Å²) in [4.78, 5) is 27.7. The number of furan rings is 1. The second-order valence-electron chi connectivity index (χ2n) is 7.98. The first-order valence-electron chi connectivity index (χ1n) is 11.2. The van der Waals surface area contributed by atoms with Crippen LogP contribution in [0.2, 0.25) is 0 Å². The predicted octanol–water partition coefficient (Wildman–Crippen LogP) is 5.25. The van der Waals surface area contributed by atoms with E-state index in [9.17, 15) is 14.7 Å². The number of hydrogen-bond donors (Lipinski definition) is 1. The van der Waals surface area contributed by atoms with Crippen molar-refractivity contribution in [1.82, 2.24) is 4.90 Å². The highest BCUT2D eigenvalue weighted by Gasteiger charge is 2.46. The minimum atomic E-state index is -0.735. The van der Waals surface area contributed by atoms with Crippen molar-refractivity contribution in [1.29, 1.82) is 0 Å². The summed E-state index contributed by atoms with van der Waals surface area (Å²) in [5, 5.41) is 11.2. The van der Waals surface area contributed by atoms with Gasteiger partial charge in [-0.15, -0.1) is 0 Å². The Hall–Kier alpha value is -3.80. The van der Waals surface area contributed by atoms with Crippen molar-refractivity contribution in [3.63, 3.8) is 0 Å². The lowest BCUT2D eigenvalue weighted by Gasteiger charge is -2.24. The lowest BCUT2D eigenvalue weighted by molar-refractivity contribution is -0.140. The number of benzene rings is 2. The van der Waals surface area contributed by atoms with Crippen molar-refractivity contribution in [2.45, 2.75) is 39.3 Å². The molecule has 6 heteroatoms. The second-order valence-corrected chi connectivity index (χ2v) is 7.98. The number of carbonyl (C=O) groups excluding carboxylic acids is 2. The average Bonchev–Trinajstić information content (AvgIpc) is 3.45. The number of nitrogens with zero attached hydrogens (tertiary/aromatic N) is 1. The molecule has 0 bridgehead atoms. The van der Waals surface area contributed by atoms with E-state index in [1.807, 2.05) is 31.2 Å². The van der Waals surface area contributed by atoms with Gasteiger partial charge in [0.15, 0.2) is 0 Å². The topological polar surface area (TPSA) is 80.0 Å². The summed E-state index contributed by atoms with van der Waals surface area (Å²) in [6, 6.07) is 17.4. The van der Waals surface area contributed by atoms with Gasteiger partial charge in [0.1, 0.15) is 17.3 Å². The fourth-order valence-corrected chi connectivity index (χ4v) is 4.00. The maximum absolute atomic E-state index is 13.2. The Kier molecular flexibility index (Phi) is 6.63. The van der Waals surface area contributed by atoms with Gasteiger partial charge in [-0.2, -0.15) is 0 Å². The molecule has 1 amide bonds. The average molecular weight is 446 g/mol. The number of likely N-dealkylation sites (tertiary alicyclic amines) is 1. The third-order valence-electron chi connectivity index (χ3n) is 5.73. The quantitative estimate of drug-likeness (QED) is 0.291. The molecule has 1 aliphatic rings. The maximum Gasteiger partial charge on any atom is 0.296 e. The van der Waals surface area contributed by atoms with E-state index in [0.29, 0.717) is 23.7 Å². The molecule has 2 heterocycles. The molecule has 1 saturated heterocycles. The molecule has 6 nitrogen and oxygen atoms in total. The predicted molar refractivity (Wildman–Crippen MR) is 125 cm³/mol. The Labute approximate surface area is 193 Å². The molecule has 1 aliphatic heterocycles. The van der Waals surface area contributed by atoms with Gasteiger partial charge in [-0.1, -0.05) is 50.2 Å². The number of amides is 1. The molecule has 0 spiro atoms. The Balaban J connectivity index is 1.81. The van der Waals surface area contributed by atoms with Crippen LogP contribution in [-0.2, 0) is 22.6 Å². The highest BCUT2D eigenvalue weighted by atomic mass is 16.5. The minimum absolute atomic E-state index is 0.0587. The van der Waals surface area contributed by atoms with Crippen molar-refractivity contribution >= 4 is 17.4 Å². The fraction of sp³-hybridized carbons (Fsp3) is 0.259. The van der Waals surface area contributed by atoms with Gasteiger partial charge in [0, 0.05) is 5.56 Å². The van der Waals surface area contributed by atoms with Gasteiger partial charge in [-0.05, 0) is 48.2 Å². The lowest BCUT2D eigenvalue weighted by Crippen LogP contribution is -2.29. The van der Waals surface area contributed by atoms with Gasteiger partial charge in [-0.25, -0.2) is 0 Å². The maximum atomic E-state index is 13.2. The third-order valence-corrected chi connectivity index (χ3v) is 5.73. The van der Waals surface area contributed by atoms with E-state index in [-0.39, 0.29) is 17.9 Å². The third kappa shape index (κ3) is 4.55. The number of ether oxygens (including phenoxy) is 1. The van der Waals surface area contributed by atoms with Crippen LogP contribution < -0.4 is 4.74 Å². The second kappa shape index (κ2) is 9.77. The van der Waals surface area contributed by atoms with Crippen molar-refractivity contribution < 1.29 is 23.8 Å². The monoisotopic (exact) mass is 445 g/mol. The number of aliphatic hydroxyl groups excluding tert-OH is 1. The minimum Gasteiger partial charge on any atom is -0.507 e. The normalized spacial score (nSPS) is 17.5. The van der Waals surface area contributed by atoms with Gasteiger partial charge in [0.05, 0.1) is 31.0 Å². The Morgan fingerprint density at radius 3 is 2.52 bits per heavy atom. The van der Waals surface area contributed by atoms with Gasteiger partial charge in [0.25, 0.3) is 11.7 Å². The van der Waals surface area contributed by atoms with Gasteiger partial charge >= 0.3 is 0 Å². The van der Waals surface area contributed by atoms with Crippen LogP contribution in [0.15, 0.2) is 76.9 Å². The highest BCUT2D eigenvalue weighted by Crippen LogP contribution is 2.40. The van der Waals surface area contributed by atoms with Crippen molar-refractivity contribution in [3.8, 4) is 5.75 Å². The number of Topliss-reactive ketones (excluding diaryl/α,β-unsaturated/α-hetero) is 1. The van der Waals surface area contributed by atoms with Crippen LogP contribution in [0.1, 0.15) is 48.8 Å². The molecule has 1 atom stereocenters. The standard InChI is InChI=1S/C27H27NO5/c1-3-14-32-21-8-5-7-20(16-21)25(29)23-24(19-12-10-18(4-2)11-13-19)28(27(31)26(23)30)17-22-9-6-15-33-22/h5-13,15-16,24,29H,3-4,14,17H2,1-2H3/b25-23-. The summed E-state index contributed by atoms with van der Waals surface area (Å²) in [5.74, 6) is -0.460. The van der Waals surface area contributed by atoms with E-state index in [4.69, 9.17) is 9.15 Å². The molecular formula is C27H27NO5. The lowest BCUT2D eigenvalue weighted by atomic mass is 9.94. The number of carbonyl (C=O) groups is 2. The van der Waals surface area contributed by atoms with Crippen LogP contribution >= 0.6 is 0 Å². The molecule has 1 unspecified atom stereocenters. The number of hydrogen-bond acceptors (Lipinski definition) is 5. The molecule has 3 aromatic rings. The molecular weight excluding hydrogens is 418 g/mol. The Morgan fingerprint density at radius 1 is 1.06 bits per heavy atom. The van der Waals surface area contributed by atoms with Crippen LogP contribution in [0.4, 0.5) is 0 Å². The largest absolute Gasteiger partial charge is 0.507 e. The van der Waals surface area contributed by atoms with Crippen LogP contribution in [0.5, 0.6) is 5.75 Å². The molecule has 4 rings (SSSR count). The molecule has 0 radical (unpaired) electrons. The van der Waals surface area contributed by atoms with Crippen LogP contribution in [0.25, 0.3) is 5.76 Å². The van der Waals surface area contributed by atoms with Gasteiger partial charge in [-0.3, -0.25) is 9.59 Å². The van der Waals surface area contributed by atoms with Crippen molar-refractivity contribution in [3.05, 3.63) is 95.0 Å². The summed E-state index contributed by atoms with van der Waals surface area (Å²) < 4.78 is 11.1. The SMILES string of the molecule is CCCOc1cccc(/C(O)=C2/C(=O)C(=O)N(Cc3ccco3)C2c2ccc(CC)cc2)c1. The molecule has 170 valence electrons. The molecule has 0 aliphatic carbocycles. The van der Waals surface area contributed by atoms with Crippen LogP contribution in [-0.4, -0.2) is 28.3 Å². The van der Waals surface area contributed by atoms with E-state index in [2.05, 4.69) is 6.92 Å². The molecule has 1 aromatic heterocycles. The Bertz CT molecular complexity index is 1160. The summed E-state index contributed by atoms with van der Waals surface area (Å²) in [6.07, 6.45) is 3.25. The zero-order valence-corrected chi connectivity index (χ0v) is 18.8. The van der Waals surface area contributed by atoms with Crippen molar-refractivity contribution in [2.24, 2.45) is 0 Å². The summed E-state index contributed by atoms with van der Waals surface area (Å²) >= 11 is 0. The van der Waals surface area contributed by atoms with Crippen molar-refractivity contribution in [2.75, 3.05) is 6.61 Å². The number of aliphatic hydroxyl groups is 1. The number of aryl methyl sites for hydroxylation is 1. The van der Waals surface area contributed by atoms with E-state index < -0.39 is 17.7 Å². The molecule has 1 fully saturated rings. The molecule has 2 aromatic carbocycles. The number of rotatable bonds is 8. The van der Waals surface area contributed by atoms with Gasteiger partial charge in [0.2, 0.25) is 0 Å². The smallest absolute Gasteiger partial charge is 0.296 e. The molecule has 1 N–H and O–H groups in total. The summed E-state index contributed by atoms with van der Waals surface area (Å²) in [6.45, 7) is 4.73. The zero-order chi connectivity index (χ0) is 23.4.